The molecule has 0 fully saturated rings. The van der Waals surface area contributed by atoms with Gasteiger partial charge in [0.2, 0.25) is 0 Å². The lowest BCUT2D eigenvalue weighted by atomic mass is 10.0. The molecule has 19 heavy (non-hydrogen) atoms. The van der Waals surface area contributed by atoms with Crippen LogP contribution in [-0.2, 0) is 6.54 Å². The topological polar surface area (TPSA) is 37.8 Å². The maximum Gasteiger partial charge on any atom is 0.0769 e. The van der Waals surface area contributed by atoms with Crippen LogP contribution in [0.5, 0.6) is 0 Å². The van der Waals surface area contributed by atoms with Crippen LogP contribution in [0.1, 0.15) is 23.7 Å². The summed E-state index contributed by atoms with van der Waals surface area (Å²) in [5.74, 6) is 1.13. The molecule has 2 heterocycles. The third-order valence-corrected chi connectivity index (χ3v) is 4.53. The predicted octanol–water partition coefficient (Wildman–Crippen LogP) is 3.46. The first-order valence-electron chi connectivity index (χ1n) is 6.25. The maximum atomic E-state index is 6.10. The third kappa shape index (κ3) is 3.08. The number of nitrogens with one attached hydrogen (secondary N) is 1. The molecule has 5 heteroatoms. The number of thioether (sulfide) groups is 1. The van der Waals surface area contributed by atoms with Crippen LogP contribution in [0.2, 0.25) is 5.02 Å². The van der Waals surface area contributed by atoms with Crippen molar-refractivity contribution in [2.24, 2.45) is 0 Å². The molecule has 0 amide bonds. The van der Waals surface area contributed by atoms with Gasteiger partial charge < -0.3 is 5.32 Å². The predicted molar refractivity (Wildman–Crippen MR) is 78.4 cm³/mol. The molecule has 0 saturated heterocycles. The highest BCUT2D eigenvalue weighted by Gasteiger charge is 2.20. The molecular weight excluding hydrogens is 278 g/mol. The quantitative estimate of drug-likeness (QED) is 0.940. The second-order valence-electron chi connectivity index (χ2n) is 4.47. The van der Waals surface area contributed by atoms with E-state index < -0.39 is 0 Å². The van der Waals surface area contributed by atoms with E-state index in [0.29, 0.717) is 6.04 Å². The molecule has 1 N–H and O–H groups in total. The Hall–Kier alpha value is -1.10. The molecule has 1 unspecified atom stereocenters. The Kier molecular flexibility index (Phi) is 4.01. The number of halogens is 1. The average molecular weight is 292 g/mol. The van der Waals surface area contributed by atoms with Gasteiger partial charge in [-0.2, -0.15) is 10.2 Å². The molecule has 0 radical (unpaired) electrons. The smallest absolute Gasteiger partial charge is 0.0769 e. The van der Waals surface area contributed by atoms with Crippen molar-refractivity contribution in [2.45, 2.75) is 23.9 Å². The molecule has 0 spiro atoms. The fraction of sp³-hybridized carbons (Fsp3) is 0.286. The highest BCUT2D eigenvalue weighted by Crippen LogP contribution is 2.37. The normalized spacial score (nSPS) is 18.1. The van der Waals surface area contributed by atoms with E-state index in [-0.39, 0.29) is 0 Å². The third-order valence-electron chi connectivity index (χ3n) is 3.17. The van der Waals surface area contributed by atoms with E-state index in [1.807, 2.05) is 30.0 Å². The summed E-state index contributed by atoms with van der Waals surface area (Å²) in [6.07, 6.45) is 2.80. The van der Waals surface area contributed by atoms with Crippen molar-refractivity contribution in [1.82, 2.24) is 15.5 Å². The second kappa shape index (κ2) is 5.90. The van der Waals surface area contributed by atoms with Gasteiger partial charge in [-0.1, -0.05) is 11.6 Å². The molecule has 3 nitrogen and oxygen atoms in total. The molecule has 0 saturated carbocycles. The molecule has 0 aliphatic carbocycles. The number of fused-ring (bicyclic) bond motifs is 1. The van der Waals surface area contributed by atoms with Gasteiger partial charge in [-0.05, 0) is 48.1 Å². The van der Waals surface area contributed by atoms with Crippen molar-refractivity contribution in [2.75, 3.05) is 5.75 Å². The highest BCUT2D eigenvalue weighted by atomic mass is 35.5. The zero-order valence-electron chi connectivity index (χ0n) is 10.3. The van der Waals surface area contributed by atoms with Crippen LogP contribution in [0.4, 0.5) is 0 Å². The lowest BCUT2D eigenvalue weighted by molar-refractivity contribution is 0.503. The van der Waals surface area contributed by atoms with Crippen LogP contribution in [0.15, 0.2) is 41.4 Å². The largest absolute Gasteiger partial charge is 0.304 e. The van der Waals surface area contributed by atoms with Crippen LogP contribution in [0.25, 0.3) is 0 Å². The first-order valence-corrected chi connectivity index (χ1v) is 7.61. The molecule has 1 aromatic heterocycles. The molecule has 98 valence electrons. The number of nitrogens with zero attached hydrogens (tertiary/aromatic N) is 2. The summed E-state index contributed by atoms with van der Waals surface area (Å²) in [4.78, 5) is 1.33. The van der Waals surface area contributed by atoms with E-state index in [1.54, 1.807) is 6.20 Å². The molecule has 1 atom stereocenters. The summed E-state index contributed by atoms with van der Waals surface area (Å²) in [5.41, 5.74) is 2.26. The number of hydrogen-bond acceptors (Lipinski definition) is 4. The van der Waals surface area contributed by atoms with Gasteiger partial charge in [0.1, 0.15) is 0 Å². The fourth-order valence-electron chi connectivity index (χ4n) is 2.23. The van der Waals surface area contributed by atoms with Gasteiger partial charge in [-0.15, -0.1) is 11.8 Å². The Labute approximate surface area is 121 Å². The lowest BCUT2D eigenvalue weighted by Crippen LogP contribution is -2.24. The van der Waals surface area contributed by atoms with E-state index in [2.05, 4.69) is 27.6 Å². The minimum Gasteiger partial charge on any atom is -0.304 e. The summed E-state index contributed by atoms with van der Waals surface area (Å²) in [5, 5.41) is 12.3. The Morgan fingerprint density at radius 3 is 3.16 bits per heavy atom. The first kappa shape index (κ1) is 12.9. The van der Waals surface area contributed by atoms with Gasteiger partial charge in [-0.3, -0.25) is 0 Å². The molecule has 3 rings (SSSR count). The number of benzene rings is 1. The van der Waals surface area contributed by atoms with E-state index >= 15 is 0 Å². The van der Waals surface area contributed by atoms with Crippen LogP contribution in [0.3, 0.4) is 0 Å². The van der Waals surface area contributed by atoms with Gasteiger partial charge in [-0.25, -0.2) is 0 Å². The monoisotopic (exact) mass is 291 g/mol. The van der Waals surface area contributed by atoms with Gasteiger partial charge in [0.15, 0.2) is 0 Å². The number of rotatable bonds is 3. The molecule has 1 aliphatic rings. The van der Waals surface area contributed by atoms with Crippen molar-refractivity contribution in [3.8, 4) is 0 Å². The van der Waals surface area contributed by atoms with E-state index in [1.165, 1.54) is 10.5 Å². The van der Waals surface area contributed by atoms with Gasteiger partial charge >= 0.3 is 0 Å². The minimum absolute atomic E-state index is 0.344. The standard InChI is InChI=1S/C14H14ClN3S/c15-10-3-4-14-12(8-10)13(5-7-19-14)16-9-11-2-1-6-17-18-11/h1-4,6,8,13,16H,5,7,9H2. The van der Waals surface area contributed by atoms with Crippen LogP contribution >= 0.6 is 23.4 Å². The molecular formula is C14H14ClN3S. The molecule has 1 aromatic carbocycles. The van der Waals surface area contributed by atoms with Crippen molar-refractivity contribution in [3.63, 3.8) is 0 Å². The highest BCUT2D eigenvalue weighted by molar-refractivity contribution is 7.99. The lowest BCUT2D eigenvalue weighted by Gasteiger charge is -2.26. The average Bonchev–Trinajstić information content (AvgIpc) is 2.46. The Balaban J connectivity index is 1.75. The number of aromatic nitrogens is 2. The zero-order valence-corrected chi connectivity index (χ0v) is 11.9. The van der Waals surface area contributed by atoms with E-state index in [0.717, 1.165) is 29.4 Å². The van der Waals surface area contributed by atoms with Crippen LogP contribution in [-0.4, -0.2) is 16.0 Å². The first-order chi connectivity index (χ1) is 9.33. The molecule has 0 bridgehead atoms. The van der Waals surface area contributed by atoms with Crippen molar-refractivity contribution >= 4 is 23.4 Å². The van der Waals surface area contributed by atoms with Crippen LogP contribution in [0, 0.1) is 0 Å². The van der Waals surface area contributed by atoms with E-state index in [9.17, 15) is 0 Å². The Morgan fingerprint density at radius 2 is 2.32 bits per heavy atom. The summed E-state index contributed by atoms with van der Waals surface area (Å²) in [6, 6.07) is 10.4. The molecule has 2 aromatic rings. The van der Waals surface area contributed by atoms with Crippen molar-refractivity contribution in [1.29, 1.82) is 0 Å². The Morgan fingerprint density at radius 1 is 1.37 bits per heavy atom. The SMILES string of the molecule is Clc1ccc2c(c1)C(NCc1cccnn1)CCS2. The van der Waals surface area contributed by atoms with Crippen molar-refractivity contribution in [3.05, 3.63) is 52.8 Å². The zero-order chi connectivity index (χ0) is 13.1. The van der Waals surface area contributed by atoms with E-state index in [4.69, 9.17) is 11.6 Å². The maximum absolute atomic E-state index is 6.10. The van der Waals surface area contributed by atoms with Gasteiger partial charge in [0.25, 0.3) is 0 Å². The fourth-order valence-corrected chi connectivity index (χ4v) is 3.52. The van der Waals surface area contributed by atoms with Gasteiger partial charge in [0, 0.05) is 28.7 Å². The summed E-state index contributed by atoms with van der Waals surface area (Å²) in [7, 11) is 0. The minimum atomic E-state index is 0.344. The molecule has 1 aliphatic heterocycles. The van der Waals surface area contributed by atoms with Gasteiger partial charge in [0.05, 0.1) is 5.69 Å². The summed E-state index contributed by atoms with van der Waals surface area (Å²) in [6.45, 7) is 0.731. The summed E-state index contributed by atoms with van der Waals surface area (Å²) >= 11 is 8.00. The number of hydrogen-bond donors (Lipinski definition) is 1. The Bertz CT molecular complexity index is 562. The van der Waals surface area contributed by atoms with Crippen LogP contribution < -0.4 is 5.32 Å². The van der Waals surface area contributed by atoms with Crippen molar-refractivity contribution < 1.29 is 0 Å². The summed E-state index contributed by atoms with van der Waals surface area (Å²) < 4.78 is 0. The second-order valence-corrected chi connectivity index (χ2v) is 6.04.